The summed E-state index contributed by atoms with van der Waals surface area (Å²) in [6.07, 6.45) is 2.23. The Labute approximate surface area is 106 Å². The van der Waals surface area contributed by atoms with Gasteiger partial charge in [0.15, 0.2) is 9.84 Å². The molecule has 0 radical (unpaired) electrons. The summed E-state index contributed by atoms with van der Waals surface area (Å²) in [7, 11) is -3.03. The molecule has 0 saturated carbocycles. The van der Waals surface area contributed by atoms with Gasteiger partial charge in [-0.2, -0.15) is 0 Å². The molecule has 94 valence electrons. The molecule has 5 heteroatoms. The lowest BCUT2D eigenvalue weighted by atomic mass is 10.2. The van der Waals surface area contributed by atoms with E-state index >= 15 is 0 Å². The average Bonchev–Trinajstić information content (AvgIpc) is 2.90. The van der Waals surface area contributed by atoms with Crippen LogP contribution in [0.4, 0.5) is 5.69 Å². The van der Waals surface area contributed by atoms with E-state index in [1.54, 1.807) is 6.20 Å². The predicted molar refractivity (Wildman–Crippen MR) is 70.3 cm³/mol. The summed E-state index contributed by atoms with van der Waals surface area (Å²) in [6, 6.07) is 9.86. The number of anilines is 1. The normalized spacial score (nSPS) is 16.4. The summed E-state index contributed by atoms with van der Waals surface area (Å²) in [5, 5.41) is 3.28. The van der Waals surface area contributed by atoms with Gasteiger partial charge in [0.2, 0.25) is 0 Å². The maximum absolute atomic E-state index is 11.7. The van der Waals surface area contributed by atoms with E-state index in [4.69, 9.17) is 0 Å². The van der Waals surface area contributed by atoms with Gasteiger partial charge >= 0.3 is 0 Å². The van der Waals surface area contributed by atoms with Crippen molar-refractivity contribution in [1.82, 2.24) is 4.98 Å². The summed E-state index contributed by atoms with van der Waals surface area (Å²) in [6.45, 7) is 0.620. The van der Waals surface area contributed by atoms with Crippen molar-refractivity contribution < 1.29 is 8.42 Å². The molecule has 0 aliphatic carbocycles. The van der Waals surface area contributed by atoms with Crippen molar-refractivity contribution in [2.75, 3.05) is 11.1 Å². The summed E-state index contributed by atoms with van der Waals surface area (Å²) in [5.41, 5.74) is 2.94. The lowest BCUT2D eigenvalue weighted by Crippen LogP contribution is -2.02. The van der Waals surface area contributed by atoms with E-state index in [0.717, 1.165) is 16.9 Å². The molecular formula is C13H14N2O2S. The van der Waals surface area contributed by atoms with Gasteiger partial charge in [0.05, 0.1) is 17.2 Å². The third-order valence-corrected chi connectivity index (χ3v) is 5.01. The monoisotopic (exact) mass is 262 g/mol. The lowest BCUT2D eigenvalue weighted by molar-refractivity contribution is 0.600. The third-order valence-electron chi connectivity index (χ3n) is 3.24. The van der Waals surface area contributed by atoms with Crippen LogP contribution in [-0.2, 0) is 22.8 Å². The van der Waals surface area contributed by atoms with Crippen LogP contribution in [0.2, 0.25) is 0 Å². The minimum absolute atomic E-state index is 0.241. The van der Waals surface area contributed by atoms with Gasteiger partial charge in [0, 0.05) is 17.6 Å². The van der Waals surface area contributed by atoms with Gasteiger partial charge in [-0.05, 0) is 24.1 Å². The van der Waals surface area contributed by atoms with Crippen LogP contribution >= 0.6 is 0 Å². The molecule has 0 spiro atoms. The second kappa shape index (κ2) is 4.17. The third kappa shape index (κ3) is 1.90. The molecule has 1 aromatic heterocycles. The first kappa shape index (κ1) is 11.3. The largest absolute Gasteiger partial charge is 0.379 e. The van der Waals surface area contributed by atoms with E-state index < -0.39 is 9.84 Å². The molecule has 2 heterocycles. The van der Waals surface area contributed by atoms with Crippen LogP contribution in [0.1, 0.15) is 11.3 Å². The number of H-pyrrole nitrogens is 1. The number of benzene rings is 1. The highest BCUT2D eigenvalue weighted by molar-refractivity contribution is 7.91. The second-order valence-electron chi connectivity index (χ2n) is 4.40. The molecule has 2 aromatic rings. The number of sulfone groups is 1. The van der Waals surface area contributed by atoms with Crippen molar-refractivity contribution >= 4 is 15.5 Å². The number of hydrogen-bond donors (Lipinski definition) is 2. The van der Waals surface area contributed by atoms with Crippen LogP contribution in [0.5, 0.6) is 0 Å². The molecule has 1 aliphatic rings. The Kier molecular flexibility index (Phi) is 2.63. The van der Waals surface area contributed by atoms with Crippen LogP contribution in [0.25, 0.3) is 0 Å². The molecular weight excluding hydrogens is 248 g/mol. The predicted octanol–water partition coefficient (Wildman–Crippen LogP) is 1.96. The first-order chi connectivity index (χ1) is 8.67. The van der Waals surface area contributed by atoms with E-state index in [1.807, 2.05) is 30.3 Å². The summed E-state index contributed by atoms with van der Waals surface area (Å²) >= 11 is 0. The molecule has 4 nitrogen and oxygen atoms in total. The number of fused-ring (bicyclic) bond motifs is 1. The van der Waals surface area contributed by atoms with Crippen molar-refractivity contribution in [3.63, 3.8) is 0 Å². The molecule has 0 unspecified atom stereocenters. The molecule has 0 amide bonds. The van der Waals surface area contributed by atoms with Gasteiger partial charge in [-0.15, -0.1) is 0 Å². The minimum Gasteiger partial charge on any atom is -0.379 e. The minimum atomic E-state index is -3.03. The lowest BCUT2D eigenvalue weighted by Gasteiger charge is -2.05. The van der Waals surface area contributed by atoms with Crippen LogP contribution in [0.15, 0.2) is 41.4 Å². The molecule has 18 heavy (non-hydrogen) atoms. The van der Waals surface area contributed by atoms with E-state index in [-0.39, 0.29) is 5.75 Å². The summed E-state index contributed by atoms with van der Waals surface area (Å²) in [5.74, 6) is 0.241. The van der Waals surface area contributed by atoms with E-state index in [1.165, 1.54) is 0 Å². The van der Waals surface area contributed by atoms with E-state index in [9.17, 15) is 8.42 Å². The number of nitrogens with one attached hydrogen (secondary N) is 2. The van der Waals surface area contributed by atoms with Gasteiger partial charge in [-0.25, -0.2) is 8.42 Å². The first-order valence-electron chi connectivity index (χ1n) is 5.87. The Bertz CT molecular complexity index is 660. The fourth-order valence-corrected chi connectivity index (χ4v) is 3.81. The van der Waals surface area contributed by atoms with Crippen LogP contribution in [-0.4, -0.2) is 19.2 Å². The highest BCUT2D eigenvalue weighted by Gasteiger charge is 2.29. The van der Waals surface area contributed by atoms with Crippen LogP contribution in [0.3, 0.4) is 0 Å². The number of aromatic amines is 1. The molecule has 1 aromatic carbocycles. The van der Waals surface area contributed by atoms with Crippen molar-refractivity contribution in [2.24, 2.45) is 0 Å². The van der Waals surface area contributed by atoms with Crippen molar-refractivity contribution in [2.45, 2.75) is 17.9 Å². The SMILES string of the molecule is O=S1(=O)CCc2c1c[nH]c2CNc1ccccc1. The van der Waals surface area contributed by atoms with Gasteiger partial charge in [0.1, 0.15) is 0 Å². The summed E-state index contributed by atoms with van der Waals surface area (Å²) < 4.78 is 23.4. The zero-order chi connectivity index (χ0) is 12.6. The Balaban J connectivity index is 1.80. The molecule has 3 rings (SSSR count). The van der Waals surface area contributed by atoms with Crippen LogP contribution < -0.4 is 5.32 Å². The van der Waals surface area contributed by atoms with Crippen molar-refractivity contribution in [3.05, 3.63) is 47.8 Å². The molecule has 1 aliphatic heterocycles. The van der Waals surface area contributed by atoms with Gasteiger partial charge in [-0.3, -0.25) is 0 Å². The summed E-state index contributed by atoms with van der Waals surface area (Å²) in [4.78, 5) is 3.54. The fourth-order valence-electron chi connectivity index (χ4n) is 2.28. The Morgan fingerprint density at radius 2 is 2.00 bits per heavy atom. The zero-order valence-electron chi connectivity index (χ0n) is 9.81. The van der Waals surface area contributed by atoms with Crippen molar-refractivity contribution in [3.8, 4) is 0 Å². The molecule has 0 fully saturated rings. The van der Waals surface area contributed by atoms with Gasteiger partial charge in [0.25, 0.3) is 0 Å². The maximum Gasteiger partial charge on any atom is 0.180 e. The second-order valence-corrected chi connectivity index (χ2v) is 6.48. The molecule has 0 atom stereocenters. The first-order valence-corrected chi connectivity index (χ1v) is 7.53. The van der Waals surface area contributed by atoms with Gasteiger partial charge < -0.3 is 10.3 Å². The topological polar surface area (TPSA) is 62.0 Å². The Hall–Kier alpha value is -1.75. The molecule has 2 N–H and O–H groups in total. The maximum atomic E-state index is 11.7. The van der Waals surface area contributed by atoms with E-state index in [2.05, 4.69) is 10.3 Å². The quantitative estimate of drug-likeness (QED) is 0.888. The Morgan fingerprint density at radius 3 is 2.78 bits per heavy atom. The standard InChI is InChI=1S/C13H14N2O2S/c16-18(17)7-6-11-12(15-9-13(11)18)8-14-10-4-2-1-3-5-10/h1-5,9,14-15H,6-8H2. The number of para-hydroxylation sites is 1. The Morgan fingerprint density at radius 1 is 1.22 bits per heavy atom. The number of hydrogen-bond acceptors (Lipinski definition) is 3. The van der Waals surface area contributed by atoms with Crippen LogP contribution in [0, 0.1) is 0 Å². The number of aromatic nitrogens is 1. The highest BCUT2D eigenvalue weighted by Crippen LogP contribution is 2.28. The highest BCUT2D eigenvalue weighted by atomic mass is 32.2. The zero-order valence-corrected chi connectivity index (χ0v) is 10.6. The fraction of sp³-hybridized carbons (Fsp3) is 0.231. The smallest absolute Gasteiger partial charge is 0.180 e. The van der Waals surface area contributed by atoms with Gasteiger partial charge in [-0.1, -0.05) is 18.2 Å². The number of rotatable bonds is 3. The molecule has 0 saturated heterocycles. The van der Waals surface area contributed by atoms with Crippen molar-refractivity contribution in [1.29, 1.82) is 0 Å². The molecule has 0 bridgehead atoms. The average molecular weight is 262 g/mol. The van der Waals surface area contributed by atoms with E-state index in [0.29, 0.717) is 17.9 Å².